The minimum atomic E-state index is -0.867. The molecule has 1 saturated carbocycles. The van der Waals surface area contributed by atoms with Crippen LogP contribution >= 0.6 is 0 Å². The van der Waals surface area contributed by atoms with Crippen molar-refractivity contribution in [2.45, 2.75) is 46.1 Å². The first-order chi connectivity index (χ1) is 8.76. The standard InChI is InChI=1S/C14H25NO4/c1-5-19-14(3,4)8-15-12(16)10-6-9(2)7-11(10)13(17)18/h9-11H,5-8H2,1-4H3,(H,15,16)(H,17,18). The zero-order chi connectivity index (χ0) is 14.6. The van der Waals surface area contributed by atoms with Gasteiger partial charge >= 0.3 is 5.97 Å². The van der Waals surface area contributed by atoms with Gasteiger partial charge in [0.05, 0.1) is 17.4 Å². The van der Waals surface area contributed by atoms with Gasteiger partial charge in [-0.2, -0.15) is 0 Å². The smallest absolute Gasteiger partial charge is 0.307 e. The number of hydrogen-bond donors (Lipinski definition) is 2. The molecular formula is C14H25NO4. The van der Waals surface area contributed by atoms with Gasteiger partial charge < -0.3 is 15.2 Å². The summed E-state index contributed by atoms with van der Waals surface area (Å²) in [5.74, 6) is -1.70. The van der Waals surface area contributed by atoms with Crippen molar-refractivity contribution in [3.05, 3.63) is 0 Å². The van der Waals surface area contributed by atoms with Crippen LogP contribution in [0.25, 0.3) is 0 Å². The number of nitrogens with one attached hydrogen (secondary N) is 1. The number of carboxylic acid groups (broad SMARTS) is 1. The summed E-state index contributed by atoms with van der Waals surface area (Å²) in [5, 5.41) is 12.0. The van der Waals surface area contributed by atoms with Crippen molar-refractivity contribution in [2.75, 3.05) is 13.2 Å². The van der Waals surface area contributed by atoms with Crippen LogP contribution in [0.5, 0.6) is 0 Å². The van der Waals surface area contributed by atoms with Crippen LogP contribution in [-0.2, 0) is 14.3 Å². The van der Waals surface area contributed by atoms with Crippen molar-refractivity contribution < 1.29 is 19.4 Å². The van der Waals surface area contributed by atoms with Crippen molar-refractivity contribution in [2.24, 2.45) is 17.8 Å². The van der Waals surface area contributed by atoms with E-state index in [0.29, 0.717) is 26.0 Å². The van der Waals surface area contributed by atoms with Crippen LogP contribution in [0.15, 0.2) is 0 Å². The molecule has 0 bridgehead atoms. The average molecular weight is 271 g/mol. The molecule has 5 heteroatoms. The Kier molecular flexibility index (Phi) is 5.35. The van der Waals surface area contributed by atoms with Crippen molar-refractivity contribution in [3.63, 3.8) is 0 Å². The van der Waals surface area contributed by atoms with Gasteiger partial charge in [0, 0.05) is 13.2 Å². The summed E-state index contributed by atoms with van der Waals surface area (Å²) >= 11 is 0. The van der Waals surface area contributed by atoms with Gasteiger partial charge in [-0.25, -0.2) is 0 Å². The minimum absolute atomic E-state index is 0.162. The lowest BCUT2D eigenvalue weighted by Crippen LogP contribution is -2.44. The number of ether oxygens (including phenoxy) is 1. The molecule has 0 radical (unpaired) electrons. The molecule has 19 heavy (non-hydrogen) atoms. The molecule has 1 amide bonds. The third-order valence-corrected chi connectivity index (χ3v) is 3.68. The molecule has 1 fully saturated rings. The van der Waals surface area contributed by atoms with Crippen LogP contribution < -0.4 is 5.32 Å². The number of carboxylic acids is 1. The van der Waals surface area contributed by atoms with Gasteiger partial charge in [-0.05, 0) is 39.5 Å². The summed E-state index contributed by atoms with van der Waals surface area (Å²) in [6.07, 6.45) is 1.24. The maximum Gasteiger partial charge on any atom is 0.307 e. The van der Waals surface area contributed by atoms with E-state index in [2.05, 4.69) is 5.32 Å². The minimum Gasteiger partial charge on any atom is -0.481 e. The molecule has 3 unspecified atom stereocenters. The molecule has 0 heterocycles. The van der Waals surface area contributed by atoms with Crippen LogP contribution in [0, 0.1) is 17.8 Å². The molecule has 0 aromatic carbocycles. The number of amides is 1. The van der Waals surface area contributed by atoms with Gasteiger partial charge in [0.25, 0.3) is 0 Å². The second kappa shape index (κ2) is 6.37. The van der Waals surface area contributed by atoms with Gasteiger partial charge in [0.1, 0.15) is 0 Å². The Morgan fingerprint density at radius 1 is 1.32 bits per heavy atom. The highest BCUT2D eigenvalue weighted by Gasteiger charge is 2.41. The second-order valence-corrected chi connectivity index (χ2v) is 6.04. The highest BCUT2D eigenvalue weighted by molar-refractivity contribution is 5.85. The van der Waals surface area contributed by atoms with Crippen LogP contribution in [-0.4, -0.2) is 35.7 Å². The Morgan fingerprint density at radius 3 is 2.42 bits per heavy atom. The molecule has 0 spiro atoms. The predicted octanol–water partition coefficient (Wildman–Crippen LogP) is 1.66. The van der Waals surface area contributed by atoms with E-state index < -0.39 is 23.4 Å². The average Bonchev–Trinajstić information content (AvgIpc) is 2.68. The van der Waals surface area contributed by atoms with Gasteiger partial charge in [-0.15, -0.1) is 0 Å². The maximum atomic E-state index is 12.1. The Labute approximate surface area is 114 Å². The first-order valence-corrected chi connectivity index (χ1v) is 6.91. The first-order valence-electron chi connectivity index (χ1n) is 6.91. The summed E-state index contributed by atoms with van der Waals surface area (Å²) in [5.41, 5.74) is -0.423. The Morgan fingerprint density at radius 2 is 1.89 bits per heavy atom. The molecule has 3 atom stereocenters. The number of rotatable bonds is 6. The van der Waals surface area contributed by atoms with Crippen molar-refractivity contribution in [1.82, 2.24) is 5.32 Å². The fourth-order valence-electron chi connectivity index (χ4n) is 2.73. The molecule has 0 aromatic rings. The quantitative estimate of drug-likeness (QED) is 0.770. The Hall–Kier alpha value is -1.10. The van der Waals surface area contributed by atoms with Crippen molar-refractivity contribution in [1.29, 1.82) is 0 Å². The molecule has 0 saturated heterocycles. The number of carbonyl (C=O) groups excluding carboxylic acids is 1. The van der Waals surface area contributed by atoms with Crippen molar-refractivity contribution >= 4 is 11.9 Å². The molecule has 5 nitrogen and oxygen atoms in total. The lowest BCUT2D eigenvalue weighted by atomic mass is 9.95. The summed E-state index contributed by atoms with van der Waals surface area (Å²) in [6, 6.07) is 0. The van der Waals surface area contributed by atoms with Crippen LogP contribution in [0.4, 0.5) is 0 Å². The third kappa shape index (κ3) is 4.49. The third-order valence-electron chi connectivity index (χ3n) is 3.68. The number of carbonyl (C=O) groups is 2. The van der Waals surface area contributed by atoms with E-state index in [0.717, 1.165) is 0 Å². The lowest BCUT2D eigenvalue weighted by molar-refractivity contribution is -0.146. The van der Waals surface area contributed by atoms with Gasteiger partial charge in [-0.1, -0.05) is 6.92 Å². The highest BCUT2D eigenvalue weighted by atomic mass is 16.5. The molecule has 1 aliphatic carbocycles. The molecule has 1 aliphatic rings. The van der Waals surface area contributed by atoms with E-state index in [4.69, 9.17) is 9.84 Å². The number of hydrogen-bond acceptors (Lipinski definition) is 3. The molecule has 2 N–H and O–H groups in total. The van der Waals surface area contributed by atoms with Gasteiger partial charge in [-0.3, -0.25) is 9.59 Å². The van der Waals surface area contributed by atoms with E-state index in [-0.39, 0.29) is 11.8 Å². The fourth-order valence-corrected chi connectivity index (χ4v) is 2.73. The normalized spacial score (nSPS) is 27.3. The fraction of sp³-hybridized carbons (Fsp3) is 0.857. The van der Waals surface area contributed by atoms with E-state index in [9.17, 15) is 9.59 Å². The molecular weight excluding hydrogens is 246 g/mol. The number of aliphatic carboxylic acids is 1. The van der Waals surface area contributed by atoms with Gasteiger partial charge in [0.2, 0.25) is 5.91 Å². The summed E-state index contributed by atoms with van der Waals surface area (Å²) in [4.78, 5) is 23.3. The molecule has 110 valence electrons. The van der Waals surface area contributed by atoms with Crippen LogP contribution in [0.3, 0.4) is 0 Å². The Bertz CT molecular complexity index is 340. The first kappa shape index (κ1) is 16.0. The molecule has 1 rings (SSSR count). The lowest BCUT2D eigenvalue weighted by Gasteiger charge is -2.26. The van der Waals surface area contributed by atoms with Gasteiger partial charge in [0.15, 0.2) is 0 Å². The summed E-state index contributed by atoms with van der Waals surface area (Å²) in [7, 11) is 0. The van der Waals surface area contributed by atoms with E-state index in [1.54, 1.807) is 0 Å². The summed E-state index contributed by atoms with van der Waals surface area (Å²) < 4.78 is 5.51. The SMILES string of the molecule is CCOC(C)(C)CNC(=O)C1CC(C)CC1C(=O)O. The zero-order valence-electron chi connectivity index (χ0n) is 12.2. The Balaban J connectivity index is 2.55. The highest BCUT2D eigenvalue weighted by Crippen LogP contribution is 2.36. The van der Waals surface area contributed by atoms with Crippen LogP contribution in [0.2, 0.25) is 0 Å². The zero-order valence-corrected chi connectivity index (χ0v) is 12.2. The second-order valence-electron chi connectivity index (χ2n) is 6.04. The van der Waals surface area contributed by atoms with E-state index >= 15 is 0 Å². The van der Waals surface area contributed by atoms with E-state index in [1.165, 1.54) is 0 Å². The predicted molar refractivity (Wildman–Crippen MR) is 71.7 cm³/mol. The summed E-state index contributed by atoms with van der Waals surface area (Å²) in [6.45, 7) is 8.69. The van der Waals surface area contributed by atoms with Crippen LogP contribution in [0.1, 0.15) is 40.5 Å². The maximum absolute atomic E-state index is 12.1. The largest absolute Gasteiger partial charge is 0.481 e. The topological polar surface area (TPSA) is 75.6 Å². The van der Waals surface area contributed by atoms with E-state index in [1.807, 2.05) is 27.7 Å². The monoisotopic (exact) mass is 271 g/mol. The molecule has 0 aliphatic heterocycles. The van der Waals surface area contributed by atoms with Crippen molar-refractivity contribution in [3.8, 4) is 0 Å². The molecule has 0 aromatic heterocycles.